The van der Waals surface area contributed by atoms with E-state index in [1.807, 2.05) is 13.0 Å². The minimum atomic E-state index is -0.803. The highest BCUT2D eigenvalue weighted by atomic mass is 19.1. The zero-order valence-electron chi connectivity index (χ0n) is 18.2. The number of likely N-dealkylation sites (tertiary alicyclic amines) is 1. The van der Waals surface area contributed by atoms with Crippen LogP contribution in [-0.4, -0.2) is 67.1 Å². The predicted molar refractivity (Wildman–Crippen MR) is 116 cm³/mol. The van der Waals surface area contributed by atoms with Gasteiger partial charge in [-0.25, -0.2) is 14.4 Å². The molecule has 9 nitrogen and oxygen atoms in total. The lowest BCUT2D eigenvalue weighted by molar-refractivity contribution is 0.0777. The number of carbonyl (C=O) groups is 1. The number of fused-ring (bicyclic) bond motifs is 1. The second kappa shape index (κ2) is 7.31. The summed E-state index contributed by atoms with van der Waals surface area (Å²) in [5.74, 6) is 0.226. The fraction of sp³-hybridized carbons (Fsp3) is 0.435. The lowest BCUT2D eigenvalue weighted by Gasteiger charge is -2.23. The first kappa shape index (κ1) is 20.2. The van der Waals surface area contributed by atoms with Crippen LogP contribution in [0.4, 0.5) is 10.3 Å². The first-order valence-electron chi connectivity index (χ1n) is 11.2. The molecule has 3 fully saturated rings. The Morgan fingerprint density at radius 3 is 2.45 bits per heavy atom. The molecule has 2 atom stereocenters. The molecule has 2 aliphatic heterocycles. The van der Waals surface area contributed by atoms with Gasteiger partial charge in [-0.1, -0.05) is 6.07 Å². The fourth-order valence-corrected chi connectivity index (χ4v) is 5.02. The van der Waals surface area contributed by atoms with Crippen molar-refractivity contribution >= 4 is 11.9 Å². The van der Waals surface area contributed by atoms with E-state index in [1.54, 1.807) is 17.0 Å². The fourth-order valence-electron chi connectivity index (χ4n) is 5.02. The van der Waals surface area contributed by atoms with Crippen LogP contribution in [0.25, 0.3) is 5.69 Å². The largest absolute Gasteiger partial charge is 0.384 e. The first-order chi connectivity index (χ1) is 15.9. The number of amides is 1. The Hall–Kier alpha value is -3.40. The van der Waals surface area contributed by atoms with Crippen LogP contribution in [0, 0.1) is 24.6 Å². The Labute approximate surface area is 189 Å². The third-order valence-corrected chi connectivity index (χ3v) is 6.94. The van der Waals surface area contributed by atoms with Gasteiger partial charge >= 0.3 is 0 Å². The van der Waals surface area contributed by atoms with Crippen molar-refractivity contribution in [3.63, 3.8) is 0 Å². The molecule has 2 aromatic heterocycles. The number of aliphatic hydroxyl groups is 1. The quantitative estimate of drug-likeness (QED) is 0.647. The summed E-state index contributed by atoms with van der Waals surface area (Å²) in [6, 6.07) is 6.35. The lowest BCUT2D eigenvalue weighted by Crippen LogP contribution is -2.35. The molecule has 1 N–H and O–H groups in total. The molecular formula is C23H24FN7O2. The van der Waals surface area contributed by atoms with Gasteiger partial charge in [0.25, 0.3) is 5.91 Å². The molecular weight excluding hydrogens is 425 g/mol. The van der Waals surface area contributed by atoms with Crippen LogP contribution in [0.3, 0.4) is 0 Å². The average Bonchev–Trinajstić information content (AvgIpc) is 3.19. The summed E-state index contributed by atoms with van der Waals surface area (Å²) in [7, 11) is 0. The summed E-state index contributed by atoms with van der Waals surface area (Å²) >= 11 is 0. The van der Waals surface area contributed by atoms with Crippen LogP contribution in [0.2, 0.25) is 0 Å². The van der Waals surface area contributed by atoms with Gasteiger partial charge in [-0.05, 0) is 38.0 Å². The maximum absolute atomic E-state index is 14.7. The van der Waals surface area contributed by atoms with E-state index in [4.69, 9.17) is 0 Å². The molecule has 1 aromatic carbocycles. The normalized spacial score (nSPS) is 23.1. The molecule has 33 heavy (non-hydrogen) atoms. The molecule has 0 bridgehead atoms. The molecule has 6 rings (SSSR count). The average molecular weight is 449 g/mol. The minimum Gasteiger partial charge on any atom is -0.384 e. The molecule has 0 radical (unpaired) electrons. The zero-order valence-corrected chi connectivity index (χ0v) is 18.2. The van der Waals surface area contributed by atoms with Gasteiger partial charge in [0, 0.05) is 43.7 Å². The predicted octanol–water partition coefficient (Wildman–Crippen LogP) is 1.69. The highest BCUT2D eigenvalue weighted by molar-refractivity contribution is 5.98. The third kappa shape index (κ3) is 3.45. The van der Waals surface area contributed by atoms with Crippen LogP contribution in [0.15, 0.2) is 36.7 Å². The third-order valence-electron chi connectivity index (χ3n) is 6.94. The molecule has 2 unspecified atom stereocenters. The number of hydrogen-bond acceptors (Lipinski definition) is 7. The first-order valence-corrected chi connectivity index (χ1v) is 11.2. The van der Waals surface area contributed by atoms with Gasteiger partial charge in [-0.2, -0.15) is 15.0 Å². The molecule has 1 saturated carbocycles. The summed E-state index contributed by atoms with van der Waals surface area (Å²) in [6.07, 6.45) is 4.46. The van der Waals surface area contributed by atoms with Crippen molar-refractivity contribution in [2.75, 3.05) is 31.1 Å². The van der Waals surface area contributed by atoms with E-state index in [9.17, 15) is 14.3 Å². The topological polar surface area (TPSA) is 100 Å². The molecule has 170 valence electrons. The number of carbonyl (C=O) groups excluding carboxylic acids is 1. The van der Waals surface area contributed by atoms with E-state index < -0.39 is 11.4 Å². The van der Waals surface area contributed by atoms with Crippen LogP contribution in [-0.2, 0) is 5.60 Å². The monoisotopic (exact) mass is 449 g/mol. The van der Waals surface area contributed by atoms with Crippen molar-refractivity contribution in [2.24, 2.45) is 11.8 Å². The minimum absolute atomic E-state index is 0.00475. The van der Waals surface area contributed by atoms with E-state index in [2.05, 4.69) is 25.1 Å². The highest BCUT2D eigenvalue weighted by Gasteiger charge is 2.46. The maximum Gasteiger partial charge on any atom is 0.259 e. The highest BCUT2D eigenvalue weighted by Crippen LogP contribution is 2.45. The standard InChI is InChI=1S/C23H24FN7O2/c1-14-9-19(23(33)5-6-23)28-22(27-14)30-12-15-10-29(11-16(15)13-30)21(32)20-17(24)3-2-4-18(20)31-25-7-8-26-31/h2-4,7-9,15-16,33H,5-6,10-13H2,1H3. The molecule has 1 aliphatic carbocycles. The van der Waals surface area contributed by atoms with Crippen molar-refractivity contribution in [1.82, 2.24) is 29.9 Å². The number of aromatic nitrogens is 5. The van der Waals surface area contributed by atoms with E-state index >= 15 is 0 Å². The van der Waals surface area contributed by atoms with E-state index in [0.29, 0.717) is 30.4 Å². The number of benzene rings is 1. The Morgan fingerprint density at radius 2 is 1.79 bits per heavy atom. The molecule has 3 aliphatic rings. The summed E-state index contributed by atoms with van der Waals surface area (Å²) < 4.78 is 14.7. The van der Waals surface area contributed by atoms with Gasteiger partial charge in [0.1, 0.15) is 22.7 Å². The van der Waals surface area contributed by atoms with Gasteiger partial charge in [-0.3, -0.25) is 4.79 Å². The smallest absolute Gasteiger partial charge is 0.259 e. The van der Waals surface area contributed by atoms with Gasteiger partial charge < -0.3 is 14.9 Å². The Balaban J connectivity index is 1.20. The van der Waals surface area contributed by atoms with Crippen LogP contribution in [0.5, 0.6) is 0 Å². The van der Waals surface area contributed by atoms with Crippen LogP contribution in [0.1, 0.15) is 34.6 Å². The van der Waals surface area contributed by atoms with E-state index in [-0.39, 0.29) is 23.3 Å². The van der Waals surface area contributed by atoms with Crippen molar-refractivity contribution in [3.8, 4) is 5.69 Å². The van der Waals surface area contributed by atoms with E-state index in [0.717, 1.165) is 31.6 Å². The Morgan fingerprint density at radius 1 is 1.09 bits per heavy atom. The number of anilines is 1. The maximum atomic E-state index is 14.7. The number of rotatable bonds is 4. The second-order valence-corrected chi connectivity index (χ2v) is 9.31. The van der Waals surface area contributed by atoms with E-state index in [1.165, 1.54) is 23.3 Å². The number of aryl methyl sites for hydroxylation is 1. The SMILES string of the molecule is Cc1cc(C2(O)CC2)nc(N2CC3CN(C(=O)c4c(F)cccc4-n4nccn4)CC3C2)n1. The van der Waals surface area contributed by atoms with Gasteiger partial charge in [-0.15, -0.1) is 0 Å². The number of hydrogen-bond donors (Lipinski definition) is 1. The summed E-state index contributed by atoms with van der Waals surface area (Å²) in [5.41, 5.74) is 1.06. The van der Waals surface area contributed by atoms with Gasteiger partial charge in [0.2, 0.25) is 5.95 Å². The molecule has 2 saturated heterocycles. The molecule has 4 heterocycles. The zero-order chi connectivity index (χ0) is 22.7. The van der Waals surface area contributed by atoms with Gasteiger partial charge in [0.15, 0.2) is 0 Å². The van der Waals surface area contributed by atoms with Crippen molar-refractivity contribution in [2.45, 2.75) is 25.4 Å². The number of halogens is 1. The second-order valence-electron chi connectivity index (χ2n) is 9.31. The Bertz CT molecular complexity index is 1210. The van der Waals surface area contributed by atoms with Crippen LogP contribution < -0.4 is 4.90 Å². The molecule has 0 spiro atoms. The number of nitrogens with zero attached hydrogens (tertiary/aromatic N) is 7. The Kier molecular flexibility index (Phi) is 4.48. The summed E-state index contributed by atoms with van der Waals surface area (Å²) in [6.45, 7) is 4.45. The van der Waals surface area contributed by atoms with Crippen molar-refractivity contribution in [1.29, 1.82) is 0 Å². The van der Waals surface area contributed by atoms with Crippen molar-refractivity contribution in [3.05, 3.63) is 59.4 Å². The molecule has 10 heteroatoms. The molecule has 3 aromatic rings. The van der Waals surface area contributed by atoms with Crippen molar-refractivity contribution < 1.29 is 14.3 Å². The van der Waals surface area contributed by atoms with Crippen LogP contribution >= 0.6 is 0 Å². The lowest BCUT2D eigenvalue weighted by atomic mass is 10.0. The van der Waals surface area contributed by atoms with Gasteiger partial charge in [0.05, 0.1) is 18.1 Å². The summed E-state index contributed by atoms with van der Waals surface area (Å²) in [4.78, 5) is 27.7. The summed E-state index contributed by atoms with van der Waals surface area (Å²) in [5, 5.41) is 18.6. The molecule has 1 amide bonds.